The van der Waals surface area contributed by atoms with E-state index in [0.717, 1.165) is 16.7 Å². The van der Waals surface area contributed by atoms with Crippen molar-refractivity contribution in [3.05, 3.63) is 87.0 Å². The van der Waals surface area contributed by atoms with Gasteiger partial charge in [-0.15, -0.1) is 0 Å². The van der Waals surface area contributed by atoms with E-state index in [2.05, 4.69) is 0 Å². The molecule has 0 N–H and O–H groups in total. The van der Waals surface area contributed by atoms with Gasteiger partial charge in [-0.2, -0.15) is 0 Å². The van der Waals surface area contributed by atoms with E-state index in [1.165, 1.54) is 25.1 Å². The lowest BCUT2D eigenvalue weighted by Gasteiger charge is -2.04. The Balaban J connectivity index is -0.000000381. The van der Waals surface area contributed by atoms with Gasteiger partial charge in [0.25, 0.3) is 5.69 Å². The lowest BCUT2D eigenvalue weighted by atomic mass is 10.0. The molecule has 2 rings (SSSR count). The lowest BCUT2D eigenvalue weighted by Crippen LogP contribution is -1.98. The van der Waals surface area contributed by atoms with E-state index in [4.69, 9.17) is 0 Å². The second-order valence-corrected chi connectivity index (χ2v) is 5.82. The quantitative estimate of drug-likeness (QED) is 0.215. The summed E-state index contributed by atoms with van der Waals surface area (Å²) in [6.45, 7) is 18.8. The molecule has 0 fully saturated rings. The third-order valence-electron chi connectivity index (χ3n) is 3.65. The fourth-order valence-electron chi connectivity index (χ4n) is 2.30. The maximum Gasteiger partial charge on any atom is 0.280 e. The topological polar surface area (TPSA) is 77.3 Å². The number of benzene rings is 2. The van der Waals surface area contributed by atoms with Crippen LogP contribution in [0.2, 0.25) is 0 Å². The number of carbonyl (C=O) groups excluding carboxylic acids is 2. The molecule has 0 saturated heterocycles. The van der Waals surface area contributed by atoms with Crippen molar-refractivity contribution in [2.24, 2.45) is 0 Å². The van der Waals surface area contributed by atoms with Gasteiger partial charge in [0.2, 0.25) is 0 Å². The largest absolute Gasteiger partial charge is 0.294 e. The molecule has 0 aliphatic rings. The number of hydrogen-bond donors (Lipinski definition) is 0. The highest BCUT2D eigenvalue weighted by Crippen LogP contribution is 2.17. The molecule has 0 aliphatic carbocycles. The molecule has 0 aromatic heterocycles. The van der Waals surface area contributed by atoms with Crippen LogP contribution < -0.4 is 0 Å². The van der Waals surface area contributed by atoms with Crippen molar-refractivity contribution < 1.29 is 14.5 Å². The summed E-state index contributed by atoms with van der Waals surface area (Å²) in [7, 11) is 0. The second-order valence-electron chi connectivity index (χ2n) is 5.82. The fourth-order valence-corrected chi connectivity index (χ4v) is 2.30. The van der Waals surface area contributed by atoms with Crippen LogP contribution in [0.4, 0.5) is 5.69 Å². The number of nitrogens with zero attached hydrogens (tertiary/aromatic N) is 1. The van der Waals surface area contributed by atoms with Crippen LogP contribution in [0.5, 0.6) is 0 Å². The number of ketones is 2. The maximum atomic E-state index is 11.1. The summed E-state index contributed by atoms with van der Waals surface area (Å²) in [5, 5.41) is 10.4. The first-order chi connectivity index (χ1) is 14.7. The van der Waals surface area contributed by atoms with E-state index >= 15 is 0 Å². The molecule has 0 radical (unpaired) electrons. The van der Waals surface area contributed by atoms with Crippen LogP contribution in [0.3, 0.4) is 0 Å². The number of aryl methyl sites for hydroxylation is 2. The molecule has 2 aromatic rings. The molecular formula is C26H39NO4. The number of Topliss-reactive ketones (excluding diaryl/α,β-unsaturated/α-hetero) is 2. The first-order valence-corrected chi connectivity index (χ1v) is 10.6. The van der Waals surface area contributed by atoms with Crippen LogP contribution in [0, 0.1) is 24.0 Å². The summed E-state index contributed by atoms with van der Waals surface area (Å²) in [6.07, 6.45) is 4.00. The Morgan fingerprint density at radius 2 is 1.19 bits per heavy atom. The van der Waals surface area contributed by atoms with Crippen molar-refractivity contribution in [2.75, 3.05) is 0 Å². The van der Waals surface area contributed by atoms with Gasteiger partial charge >= 0.3 is 0 Å². The number of rotatable bonds is 3. The molecule has 0 amide bonds. The van der Waals surface area contributed by atoms with Crippen molar-refractivity contribution in [3.63, 3.8) is 0 Å². The highest BCUT2D eigenvalue weighted by Gasteiger charge is 2.14. The van der Waals surface area contributed by atoms with Gasteiger partial charge in [-0.3, -0.25) is 19.7 Å². The smallest absolute Gasteiger partial charge is 0.280 e. The van der Waals surface area contributed by atoms with Crippen molar-refractivity contribution in [2.45, 2.75) is 69.2 Å². The summed E-state index contributed by atoms with van der Waals surface area (Å²) in [6, 6.07) is 11.8. The Morgan fingerprint density at radius 3 is 1.45 bits per heavy atom. The SMILES string of the molecule is C/C=C\C.CC.CC.CC(=O)c1c(C)cccc1C.CC(=O)c1ccccc1[N+](=O)[O-]. The predicted octanol–water partition coefficient (Wildman–Crippen LogP) is 7.94. The molecule has 31 heavy (non-hydrogen) atoms. The number of allylic oxidation sites excluding steroid dienone is 2. The van der Waals surface area contributed by atoms with Gasteiger partial charge in [0.1, 0.15) is 0 Å². The van der Waals surface area contributed by atoms with Crippen LogP contribution in [0.25, 0.3) is 0 Å². The van der Waals surface area contributed by atoms with E-state index in [9.17, 15) is 19.7 Å². The molecule has 5 nitrogen and oxygen atoms in total. The summed E-state index contributed by atoms with van der Waals surface area (Å²) in [5.74, 6) is -0.136. The van der Waals surface area contributed by atoms with E-state index < -0.39 is 4.92 Å². The average molecular weight is 430 g/mol. The predicted molar refractivity (Wildman–Crippen MR) is 132 cm³/mol. The molecule has 0 bridgehead atoms. The van der Waals surface area contributed by atoms with Crippen LogP contribution >= 0.6 is 0 Å². The normalized spacial score (nSPS) is 8.71. The number of para-hydroxylation sites is 1. The van der Waals surface area contributed by atoms with Gasteiger partial charge in [-0.1, -0.05) is 70.2 Å². The first kappa shape index (κ1) is 32.6. The van der Waals surface area contributed by atoms with Crippen molar-refractivity contribution in [1.82, 2.24) is 0 Å². The Bertz CT molecular complexity index is 767. The van der Waals surface area contributed by atoms with Crippen molar-refractivity contribution >= 4 is 17.3 Å². The van der Waals surface area contributed by atoms with Crippen molar-refractivity contribution in [1.29, 1.82) is 0 Å². The maximum absolute atomic E-state index is 11.1. The van der Waals surface area contributed by atoms with Gasteiger partial charge in [-0.25, -0.2) is 0 Å². The number of nitro benzene ring substituents is 1. The summed E-state index contributed by atoms with van der Waals surface area (Å²) >= 11 is 0. The zero-order valence-corrected chi connectivity index (χ0v) is 20.8. The molecule has 172 valence electrons. The monoisotopic (exact) mass is 429 g/mol. The second kappa shape index (κ2) is 20.2. The molecule has 0 unspecified atom stereocenters. The highest BCUT2D eigenvalue weighted by molar-refractivity contribution is 5.98. The zero-order valence-electron chi connectivity index (χ0n) is 20.8. The summed E-state index contributed by atoms with van der Waals surface area (Å²) in [5.41, 5.74) is 3.02. The third-order valence-corrected chi connectivity index (χ3v) is 3.65. The summed E-state index contributed by atoms with van der Waals surface area (Å²) in [4.78, 5) is 31.8. The van der Waals surface area contributed by atoms with E-state index in [0.29, 0.717) is 0 Å². The number of hydrogen-bond acceptors (Lipinski definition) is 4. The van der Waals surface area contributed by atoms with E-state index in [1.807, 2.05) is 85.7 Å². The Kier molecular flexibility index (Phi) is 21.2. The first-order valence-electron chi connectivity index (χ1n) is 10.6. The van der Waals surface area contributed by atoms with Crippen LogP contribution in [-0.4, -0.2) is 16.5 Å². The minimum Gasteiger partial charge on any atom is -0.294 e. The molecule has 0 heterocycles. The Morgan fingerprint density at radius 1 is 0.774 bits per heavy atom. The number of nitro groups is 1. The molecular weight excluding hydrogens is 390 g/mol. The van der Waals surface area contributed by atoms with Crippen LogP contribution in [0.1, 0.15) is 87.2 Å². The van der Waals surface area contributed by atoms with Crippen LogP contribution in [-0.2, 0) is 0 Å². The van der Waals surface area contributed by atoms with E-state index in [-0.39, 0.29) is 22.8 Å². The average Bonchev–Trinajstić information content (AvgIpc) is 2.76. The fraction of sp³-hybridized carbons (Fsp3) is 0.385. The Hall–Kier alpha value is -3.08. The molecule has 5 heteroatoms. The highest BCUT2D eigenvalue weighted by atomic mass is 16.6. The standard InChI is InChI=1S/C10H12O.C8H7NO3.C4H8.2C2H6/c1-7-5-4-6-8(2)10(7)9(3)11;1-6(10)7-4-2-3-5-8(7)9(11)12;1-3-4-2;2*1-2/h4-6H,1-3H3;2-5H,1H3;3-4H,1-2H3;2*1-2H3/b;;4-3-;;. The van der Waals surface area contributed by atoms with Crippen LogP contribution in [0.15, 0.2) is 54.6 Å². The minimum absolute atomic E-state index is 0.134. The molecule has 0 spiro atoms. The van der Waals surface area contributed by atoms with E-state index in [1.54, 1.807) is 13.0 Å². The van der Waals surface area contributed by atoms with Gasteiger partial charge in [-0.05, 0) is 58.7 Å². The Labute approximate surface area is 188 Å². The summed E-state index contributed by atoms with van der Waals surface area (Å²) < 4.78 is 0. The third kappa shape index (κ3) is 13.7. The van der Waals surface area contributed by atoms with Gasteiger partial charge < -0.3 is 0 Å². The van der Waals surface area contributed by atoms with Gasteiger partial charge in [0, 0.05) is 11.6 Å². The molecule has 0 atom stereocenters. The lowest BCUT2D eigenvalue weighted by molar-refractivity contribution is -0.385. The molecule has 0 saturated carbocycles. The van der Waals surface area contributed by atoms with Crippen molar-refractivity contribution in [3.8, 4) is 0 Å². The van der Waals surface area contributed by atoms with Gasteiger partial charge in [0.15, 0.2) is 11.6 Å². The molecule has 0 aliphatic heterocycles. The molecule has 2 aromatic carbocycles. The zero-order chi connectivity index (χ0) is 25.0. The number of carbonyl (C=O) groups is 2. The van der Waals surface area contributed by atoms with Gasteiger partial charge in [0.05, 0.1) is 10.5 Å². The minimum atomic E-state index is -0.559.